The van der Waals surface area contributed by atoms with E-state index in [1.54, 1.807) is 11.0 Å². The zero-order valence-electron chi connectivity index (χ0n) is 19.8. The summed E-state index contributed by atoms with van der Waals surface area (Å²) in [5, 5.41) is 0. The number of carbonyl (C=O) groups excluding carboxylic acids is 1. The lowest BCUT2D eigenvalue weighted by atomic mass is 10.0. The molecule has 2 heterocycles. The predicted octanol–water partition coefficient (Wildman–Crippen LogP) is 3.14. The Labute approximate surface area is 201 Å². The van der Waals surface area contributed by atoms with Crippen LogP contribution in [0.3, 0.4) is 0 Å². The van der Waals surface area contributed by atoms with Crippen molar-refractivity contribution in [3.05, 3.63) is 54.1 Å². The number of nitrogens with one attached hydrogen (secondary N) is 1. The van der Waals surface area contributed by atoms with E-state index in [-0.39, 0.29) is 28.9 Å². The fourth-order valence-corrected chi connectivity index (χ4v) is 5.55. The minimum Gasteiger partial charge on any atom is -0.490 e. The first-order valence-electron chi connectivity index (χ1n) is 11.7. The van der Waals surface area contributed by atoms with Crippen LogP contribution < -0.4 is 14.2 Å². The lowest BCUT2D eigenvalue weighted by Gasteiger charge is -2.39. The highest BCUT2D eigenvalue weighted by Crippen LogP contribution is 2.32. The average molecular weight is 489 g/mol. The number of fused-ring (bicyclic) bond motifs is 1. The molecule has 1 saturated heterocycles. The number of ether oxygens (including phenoxy) is 3. The Morgan fingerprint density at radius 1 is 1.03 bits per heavy atom. The molecular weight excluding hydrogens is 456 g/mol. The van der Waals surface area contributed by atoms with Gasteiger partial charge in [0.2, 0.25) is 15.9 Å². The summed E-state index contributed by atoms with van der Waals surface area (Å²) in [5.41, 5.74) is 0.987. The summed E-state index contributed by atoms with van der Waals surface area (Å²) in [4.78, 5) is 15.3. The third-order valence-electron chi connectivity index (χ3n) is 5.99. The highest BCUT2D eigenvalue weighted by molar-refractivity contribution is 7.89. The molecule has 184 valence electrons. The van der Waals surface area contributed by atoms with Crippen molar-refractivity contribution in [1.29, 1.82) is 0 Å². The minimum absolute atomic E-state index is 0.0349. The van der Waals surface area contributed by atoms with Crippen LogP contribution in [0.5, 0.6) is 11.5 Å². The Kier molecular flexibility index (Phi) is 7.45. The number of benzene rings is 2. The van der Waals surface area contributed by atoms with E-state index < -0.39 is 16.1 Å². The van der Waals surface area contributed by atoms with Gasteiger partial charge in [0.25, 0.3) is 0 Å². The molecule has 0 radical (unpaired) electrons. The Morgan fingerprint density at radius 2 is 1.74 bits per heavy atom. The zero-order chi connectivity index (χ0) is 24.3. The second kappa shape index (κ2) is 10.3. The van der Waals surface area contributed by atoms with Crippen molar-refractivity contribution in [1.82, 2.24) is 9.62 Å². The molecule has 0 aliphatic carbocycles. The fraction of sp³-hybridized carbons (Fsp3) is 0.480. The summed E-state index contributed by atoms with van der Waals surface area (Å²) in [5.74, 6) is 0.391. The molecule has 1 amide bonds. The van der Waals surface area contributed by atoms with Crippen molar-refractivity contribution >= 4 is 15.9 Å². The predicted molar refractivity (Wildman–Crippen MR) is 127 cm³/mol. The molecule has 2 aliphatic rings. The van der Waals surface area contributed by atoms with Crippen LogP contribution in [0.4, 0.5) is 0 Å². The molecular formula is C25H32N2O6S. The van der Waals surface area contributed by atoms with Crippen LogP contribution in [0.2, 0.25) is 0 Å². The molecule has 34 heavy (non-hydrogen) atoms. The van der Waals surface area contributed by atoms with Gasteiger partial charge in [-0.2, -0.15) is 4.72 Å². The number of hydrogen-bond donors (Lipinski definition) is 1. The van der Waals surface area contributed by atoms with Gasteiger partial charge in [0.1, 0.15) is 12.1 Å². The molecule has 3 atom stereocenters. The monoisotopic (exact) mass is 488 g/mol. The van der Waals surface area contributed by atoms with E-state index in [0.717, 1.165) is 12.0 Å². The SMILES string of the molecule is CC1CN(C(=O)C(NS(=O)(=O)c2ccc3c(c2)OCCCO3)C(C)C)CC(c2ccccc2)O1. The van der Waals surface area contributed by atoms with Gasteiger partial charge in [-0.15, -0.1) is 0 Å². The number of hydrogen-bond acceptors (Lipinski definition) is 6. The first-order valence-corrected chi connectivity index (χ1v) is 13.1. The van der Waals surface area contributed by atoms with E-state index in [9.17, 15) is 13.2 Å². The fourth-order valence-electron chi connectivity index (χ4n) is 4.20. The molecule has 0 bridgehead atoms. The van der Waals surface area contributed by atoms with E-state index >= 15 is 0 Å². The average Bonchev–Trinajstić information content (AvgIpc) is 3.07. The maximum Gasteiger partial charge on any atom is 0.241 e. The van der Waals surface area contributed by atoms with Crippen LogP contribution >= 0.6 is 0 Å². The van der Waals surface area contributed by atoms with Crippen LogP contribution in [-0.4, -0.2) is 57.7 Å². The van der Waals surface area contributed by atoms with E-state index in [4.69, 9.17) is 14.2 Å². The summed E-state index contributed by atoms with van der Waals surface area (Å²) >= 11 is 0. The molecule has 4 rings (SSSR count). The molecule has 0 spiro atoms. The van der Waals surface area contributed by atoms with Gasteiger partial charge in [-0.1, -0.05) is 44.2 Å². The highest BCUT2D eigenvalue weighted by atomic mass is 32.2. The van der Waals surface area contributed by atoms with Crippen LogP contribution in [0.15, 0.2) is 53.4 Å². The lowest BCUT2D eigenvalue weighted by molar-refractivity contribution is -0.147. The molecule has 1 fully saturated rings. The number of rotatable bonds is 6. The van der Waals surface area contributed by atoms with E-state index in [2.05, 4.69) is 4.72 Å². The number of amides is 1. The number of carbonyl (C=O) groups is 1. The van der Waals surface area contributed by atoms with Crippen molar-refractivity contribution in [2.45, 2.75) is 50.3 Å². The summed E-state index contributed by atoms with van der Waals surface area (Å²) < 4.78 is 46.5. The Bertz CT molecular complexity index is 1110. The van der Waals surface area contributed by atoms with Crippen molar-refractivity contribution in [3.63, 3.8) is 0 Å². The second-order valence-corrected chi connectivity index (χ2v) is 10.8. The van der Waals surface area contributed by atoms with Crippen LogP contribution in [0, 0.1) is 5.92 Å². The third kappa shape index (κ3) is 5.54. The van der Waals surface area contributed by atoms with E-state index in [1.165, 1.54) is 12.1 Å². The molecule has 2 aromatic rings. The molecule has 8 nitrogen and oxygen atoms in total. The first-order chi connectivity index (χ1) is 16.2. The molecule has 3 unspecified atom stereocenters. The van der Waals surface area contributed by atoms with E-state index in [1.807, 2.05) is 51.1 Å². The maximum absolute atomic E-state index is 13.5. The Morgan fingerprint density at radius 3 is 2.44 bits per heavy atom. The molecule has 2 aliphatic heterocycles. The number of morpholine rings is 1. The van der Waals surface area contributed by atoms with Gasteiger partial charge in [-0.05, 0) is 30.5 Å². The summed E-state index contributed by atoms with van der Waals surface area (Å²) in [6.45, 7) is 7.31. The molecule has 2 aromatic carbocycles. The molecule has 0 saturated carbocycles. The van der Waals surface area contributed by atoms with Crippen molar-refractivity contribution in [3.8, 4) is 11.5 Å². The summed E-state index contributed by atoms with van der Waals surface area (Å²) in [7, 11) is -3.98. The van der Waals surface area contributed by atoms with Crippen LogP contribution in [-0.2, 0) is 19.6 Å². The van der Waals surface area contributed by atoms with Gasteiger partial charge in [0.15, 0.2) is 11.5 Å². The topological polar surface area (TPSA) is 94.2 Å². The van der Waals surface area contributed by atoms with Crippen molar-refractivity contribution < 1.29 is 27.4 Å². The molecule has 1 N–H and O–H groups in total. The first kappa shape index (κ1) is 24.5. The van der Waals surface area contributed by atoms with Crippen molar-refractivity contribution in [2.24, 2.45) is 5.92 Å². The smallest absolute Gasteiger partial charge is 0.241 e. The summed E-state index contributed by atoms with van der Waals surface area (Å²) in [6.07, 6.45) is 0.287. The van der Waals surface area contributed by atoms with Crippen molar-refractivity contribution in [2.75, 3.05) is 26.3 Å². The molecule has 9 heteroatoms. The van der Waals surface area contributed by atoms with Gasteiger partial charge < -0.3 is 19.1 Å². The minimum atomic E-state index is -3.98. The number of sulfonamides is 1. The Hall–Kier alpha value is -2.62. The maximum atomic E-state index is 13.5. The third-order valence-corrected chi connectivity index (χ3v) is 7.43. The molecule has 0 aromatic heterocycles. The summed E-state index contributed by atoms with van der Waals surface area (Å²) in [6, 6.07) is 13.3. The number of nitrogens with zero attached hydrogens (tertiary/aromatic N) is 1. The van der Waals surface area contributed by atoms with Crippen LogP contribution in [0.25, 0.3) is 0 Å². The van der Waals surface area contributed by atoms with E-state index in [0.29, 0.717) is 37.8 Å². The van der Waals surface area contributed by atoms with Gasteiger partial charge in [-0.25, -0.2) is 8.42 Å². The lowest BCUT2D eigenvalue weighted by Crippen LogP contribution is -2.55. The van der Waals surface area contributed by atoms with Gasteiger partial charge in [0.05, 0.1) is 30.8 Å². The largest absolute Gasteiger partial charge is 0.490 e. The Balaban J connectivity index is 1.53. The standard InChI is InChI=1S/C25H32N2O6S/c1-17(2)24(25(28)27-15-18(3)33-23(16-27)19-8-5-4-6-9-19)26-34(29,30)20-10-11-21-22(14-20)32-13-7-12-31-21/h4-6,8-11,14,17-18,23-24,26H,7,12-13,15-16H2,1-3H3. The van der Waals surface area contributed by atoms with Gasteiger partial charge in [-0.3, -0.25) is 4.79 Å². The van der Waals surface area contributed by atoms with Gasteiger partial charge in [0, 0.05) is 19.0 Å². The zero-order valence-corrected chi connectivity index (χ0v) is 20.6. The normalized spacial score (nSPS) is 21.7. The highest BCUT2D eigenvalue weighted by Gasteiger charge is 2.36. The van der Waals surface area contributed by atoms with Gasteiger partial charge >= 0.3 is 0 Å². The quantitative estimate of drug-likeness (QED) is 0.672. The van der Waals surface area contributed by atoms with Crippen LogP contribution in [0.1, 0.15) is 38.9 Å². The second-order valence-electron chi connectivity index (χ2n) is 9.09.